The van der Waals surface area contributed by atoms with E-state index in [1.54, 1.807) is 12.1 Å². The molecular formula is C17H20N2O2. The topological polar surface area (TPSA) is 55.2 Å². The molecule has 110 valence electrons. The Morgan fingerprint density at radius 3 is 2.43 bits per heavy atom. The highest BCUT2D eigenvalue weighted by atomic mass is 16.6. The lowest BCUT2D eigenvalue weighted by Crippen LogP contribution is -2.21. The standard InChI is InChI=1S/C17H20N2O2/c1-2-18-16(14-8-4-3-5-9-14)13-12-15-10-6-7-11-17(15)19(20)21/h3-11,16,18H,2,12-13H2,1H3. The van der Waals surface area contributed by atoms with E-state index in [9.17, 15) is 10.1 Å². The zero-order chi connectivity index (χ0) is 15.1. The van der Waals surface area contributed by atoms with Crippen LogP contribution in [-0.2, 0) is 6.42 Å². The molecule has 0 fully saturated rings. The lowest BCUT2D eigenvalue weighted by molar-refractivity contribution is -0.385. The van der Waals surface area contributed by atoms with Crippen LogP contribution < -0.4 is 5.32 Å². The fourth-order valence-electron chi connectivity index (χ4n) is 2.52. The molecule has 0 amide bonds. The van der Waals surface area contributed by atoms with Crippen LogP contribution in [0.5, 0.6) is 0 Å². The van der Waals surface area contributed by atoms with Gasteiger partial charge in [-0.1, -0.05) is 55.5 Å². The number of aryl methyl sites for hydroxylation is 1. The van der Waals surface area contributed by atoms with Gasteiger partial charge in [-0.05, 0) is 24.9 Å². The number of nitro benzene ring substituents is 1. The second-order valence-electron chi connectivity index (χ2n) is 4.95. The molecule has 2 rings (SSSR count). The van der Waals surface area contributed by atoms with Crippen LogP contribution in [0.4, 0.5) is 5.69 Å². The van der Waals surface area contributed by atoms with Crippen molar-refractivity contribution in [1.82, 2.24) is 5.32 Å². The lowest BCUT2D eigenvalue weighted by Gasteiger charge is -2.18. The molecule has 4 heteroatoms. The second-order valence-corrected chi connectivity index (χ2v) is 4.95. The van der Waals surface area contributed by atoms with Gasteiger partial charge in [0.25, 0.3) is 5.69 Å². The van der Waals surface area contributed by atoms with E-state index in [-0.39, 0.29) is 16.7 Å². The van der Waals surface area contributed by atoms with Crippen LogP contribution in [-0.4, -0.2) is 11.5 Å². The number of hydrogen-bond acceptors (Lipinski definition) is 3. The third kappa shape index (κ3) is 4.13. The summed E-state index contributed by atoms with van der Waals surface area (Å²) in [4.78, 5) is 10.7. The van der Waals surface area contributed by atoms with Gasteiger partial charge in [0.05, 0.1) is 4.92 Å². The first kappa shape index (κ1) is 15.2. The highest BCUT2D eigenvalue weighted by Crippen LogP contribution is 2.24. The van der Waals surface area contributed by atoms with Gasteiger partial charge in [-0.2, -0.15) is 0 Å². The third-order valence-corrected chi connectivity index (χ3v) is 3.54. The monoisotopic (exact) mass is 284 g/mol. The summed E-state index contributed by atoms with van der Waals surface area (Å²) in [6.07, 6.45) is 1.52. The third-order valence-electron chi connectivity index (χ3n) is 3.54. The molecule has 0 spiro atoms. The van der Waals surface area contributed by atoms with Crippen molar-refractivity contribution in [3.63, 3.8) is 0 Å². The van der Waals surface area contributed by atoms with Gasteiger partial charge in [0.2, 0.25) is 0 Å². The quantitative estimate of drug-likeness (QED) is 0.620. The van der Waals surface area contributed by atoms with Crippen LogP contribution in [0.2, 0.25) is 0 Å². The van der Waals surface area contributed by atoms with Crippen molar-refractivity contribution in [2.75, 3.05) is 6.54 Å². The van der Waals surface area contributed by atoms with Gasteiger partial charge in [-0.25, -0.2) is 0 Å². The minimum absolute atomic E-state index is 0.209. The summed E-state index contributed by atoms with van der Waals surface area (Å²) in [7, 11) is 0. The summed E-state index contributed by atoms with van der Waals surface area (Å²) in [5.74, 6) is 0. The molecule has 21 heavy (non-hydrogen) atoms. The van der Waals surface area contributed by atoms with E-state index in [1.807, 2.05) is 30.3 Å². The van der Waals surface area contributed by atoms with Crippen molar-refractivity contribution in [3.8, 4) is 0 Å². The van der Waals surface area contributed by atoms with E-state index < -0.39 is 0 Å². The number of nitro groups is 1. The van der Waals surface area contributed by atoms with Gasteiger partial charge in [0.15, 0.2) is 0 Å². The molecule has 0 aliphatic heterocycles. The Hall–Kier alpha value is -2.20. The summed E-state index contributed by atoms with van der Waals surface area (Å²) in [5.41, 5.74) is 2.22. The largest absolute Gasteiger partial charge is 0.310 e. The Morgan fingerprint density at radius 1 is 1.10 bits per heavy atom. The Bertz CT molecular complexity index is 584. The van der Waals surface area contributed by atoms with Crippen LogP contribution in [0.3, 0.4) is 0 Å². The first-order valence-corrected chi connectivity index (χ1v) is 7.23. The maximum atomic E-state index is 11.1. The molecule has 1 N–H and O–H groups in total. The predicted octanol–water partition coefficient (Wildman–Crippen LogP) is 3.88. The zero-order valence-corrected chi connectivity index (χ0v) is 12.2. The van der Waals surface area contributed by atoms with Crippen LogP contribution in [0, 0.1) is 10.1 Å². The van der Waals surface area contributed by atoms with Crippen molar-refractivity contribution in [2.45, 2.75) is 25.8 Å². The molecule has 2 aromatic carbocycles. The maximum Gasteiger partial charge on any atom is 0.272 e. The molecule has 0 aliphatic carbocycles. The molecule has 0 saturated heterocycles. The molecular weight excluding hydrogens is 264 g/mol. The highest BCUT2D eigenvalue weighted by molar-refractivity contribution is 5.40. The van der Waals surface area contributed by atoms with Gasteiger partial charge in [0.1, 0.15) is 0 Å². The molecule has 0 heterocycles. The smallest absolute Gasteiger partial charge is 0.272 e. The van der Waals surface area contributed by atoms with Gasteiger partial charge in [-0.3, -0.25) is 10.1 Å². The van der Waals surface area contributed by atoms with Gasteiger partial charge in [-0.15, -0.1) is 0 Å². The molecule has 0 aromatic heterocycles. The number of benzene rings is 2. The molecule has 2 aromatic rings. The van der Waals surface area contributed by atoms with Crippen LogP contribution in [0.15, 0.2) is 54.6 Å². The average Bonchev–Trinajstić information content (AvgIpc) is 2.52. The number of nitrogens with one attached hydrogen (secondary N) is 1. The van der Waals surface area contributed by atoms with Crippen molar-refractivity contribution in [1.29, 1.82) is 0 Å². The minimum Gasteiger partial charge on any atom is -0.310 e. The summed E-state index contributed by atoms with van der Waals surface area (Å²) < 4.78 is 0. The Kier molecular flexibility index (Phi) is 5.46. The Morgan fingerprint density at radius 2 is 1.76 bits per heavy atom. The normalized spacial score (nSPS) is 12.0. The van der Waals surface area contributed by atoms with Crippen molar-refractivity contribution in [2.24, 2.45) is 0 Å². The fraction of sp³-hybridized carbons (Fsp3) is 0.294. The number of nitrogens with zero attached hydrogens (tertiary/aromatic N) is 1. The van der Waals surface area contributed by atoms with E-state index in [4.69, 9.17) is 0 Å². The molecule has 1 unspecified atom stereocenters. The predicted molar refractivity (Wildman–Crippen MR) is 84.3 cm³/mol. The number of hydrogen-bond donors (Lipinski definition) is 1. The van der Waals surface area contributed by atoms with Gasteiger partial charge >= 0.3 is 0 Å². The molecule has 0 bridgehead atoms. The van der Waals surface area contributed by atoms with Gasteiger partial charge in [0, 0.05) is 17.7 Å². The average molecular weight is 284 g/mol. The highest BCUT2D eigenvalue weighted by Gasteiger charge is 2.15. The summed E-state index contributed by atoms with van der Waals surface area (Å²) in [5, 5.41) is 14.5. The maximum absolute atomic E-state index is 11.1. The first-order valence-electron chi connectivity index (χ1n) is 7.23. The van der Waals surface area contributed by atoms with E-state index >= 15 is 0 Å². The van der Waals surface area contributed by atoms with E-state index in [2.05, 4.69) is 24.4 Å². The SMILES string of the molecule is CCNC(CCc1ccccc1[N+](=O)[O-])c1ccccc1. The van der Waals surface area contributed by atoms with E-state index in [0.717, 1.165) is 18.5 Å². The van der Waals surface area contributed by atoms with Crippen molar-refractivity contribution in [3.05, 3.63) is 75.8 Å². The minimum atomic E-state index is -0.305. The number of rotatable bonds is 7. The fourth-order valence-corrected chi connectivity index (χ4v) is 2.52. The Balaban J connectivity index is 2.11. The summed E-state index contributed by atoms with van der Waals surface area (Å²) in [6.45, 7) is 2.94. The van der Waals surface area contributed by atoms with Gasteiger partial charge < -0.3 is 5.32 Å². The number of para-hydroxylation sites is 1. The van der Waals surface area contributed by atoms with Crippen LogP contribution in [0.25, 0.3) is 0 Å². The molecule has 4 nitrogen and oxygen atoms in total. The molecule has 0 aliphatic rings. The van der Waals surface area contributed by atoms with E-state index in [0.29, 0.717) is 6.42 Å². The second kappa shape index (κ2) is 7.55. The molecule has 0 saturated carbocycles. The zero-order valence-electron chi connectivity index (χ0n) is 12.2. The summed E-state index contributed by atoms with van der Waals surface area (Å²) in [6, 6.07) is 17.4. The molecule has 1 atom stereocenters. The van der Waals surface area contributed by atoms with Crippen molar-refractivity contribution >= 4 is 5.69 Å². The Labute approximate surface area is 125 Å². The summed E-state index contributed by atoms with van der Waals surface area (Å²) >= 11 is 0. The lowest BCUT2D eigenvalue weighted by atomic mass is 9.98. The molecule has 0 radical (unpaired) electrons. The van der Waals surface area contributed by atoms with Crippen LogP contribution >= 0.6 is 0 Å². The first-order chi connectivity index (χ1) is 10.2. The van der Waals surface area contributed by atoms with Crippen LogP contribution in [0.1, 0.15) is 30.5 Å². The van der Waals surface area contributed by atoms with E-state index in [1.165, 1.54) is 5.56 Å². The van der Waals surface area contributed by atoms with Crippen molar-refractivity contribution < 1.29 is 4.92 Å².